The molecule has 1 aliphatic rings. The average molecular weight is 467 g/mol. The van der Waals surface area contributed by atoms with Gasteiger partial charge in [-0.3, -0.25) is 4.79 Å². The van der Waals surface area contributed by atoms with Crippen molar-refractivity contribution in [3.05, 3.63) is 35.3 Å². The number of hydrogen-bond donors (Lipinski definition) is 2. The molecule has 1 aromatic heterocycles. The number of carboxylic acid groups (broad SMARTS) is 1. The Morgan fingerprint density at radius 1 is 1.27 bits per heavy atom. The summed E-state index contributed by atoms with van der Waals surface area (Å²) in [6.45, 7) is -0.478. The maximum absolute atomic E-state index is 12.9. The first-order valence-electron chi connectivity index (χ1n) is 8.42. The molecule has 0 unspecified atom stereocenters. The van der Waals surface area contributed by atoms with Gasteiger partial charge in [0.1, 0.15) is 11.8 Å². The van der Waals surface area contributed by atoms with E-state index in [1.54, 1.807) is 10.3 Å². The minimum Gasteiger partial charge on any atom is -0.480 e. The van der Waals surface area contributed by atoms with Gasteiger partial charge in [-0.05, 0) is 24.3 Å². The van der Waals surface area contributed by atoms with Crippen LogP contribution in [0, 0.1) is 0 Å². The second-order valence-electron chi connectivity index (χ2n) is 6.21. The first-order valence-corrected chi connectivity index (χ1v) is 10.7. The van der Waals surface area contributed by atoms with E-state index in [4.69, 9.17) is 5.11 Å². The van der Waals surface area contributed by atoms with Crippen molar-refractivity contribution in [2.24, 2.45) is 0 Å². The fraction of sp³-hybridized carbons (Fsp3) is 0.375. The van der Waals surface area contributed by atoms with Gasteiger partial charge < -0.3 is 19.8 Å². The second kappa shape index (κ2) is 8.37. The summed E-state index contributed by atoms with van der Waals surface area (Å²) < 4.78 is 67.2. The van der Waals surface area contributed by atoms with E-state index in [-0.39, 0.29) is 31.1 Å². The highest BCUT2D eigenvalue weighted by atomic mass is 32.2. The summed E-state index contributed by atoms with van der Waals surface area (Å²) in [4.78, 5) is 17.2. The summed E-state index contributed by atoms with van der Waals surface area (Å²) in [5.74, 6) is -1.97. The lowest BCUT2D eigenvalue weighted by Gasteiger charge is -2.38. The summed E-state index contributed by atoms with van der Waals surface area (Å²) in [6.07, 6.45) is -4.92. The van der Waals surface area contributed by atoms with E-state index in [0.717, 1.165) is 28.6 Å². The van der Waals surface area contributed by atoms with Gasteiger partial charge in [-0.25, -0.2) is 13.4 Å². The van der Waals surface area contributed by atoms with Gasteiger partial charge in [-0.15, -0.1) is 24.5 Å². The van der Waals surface area contributed by atoms with Crippen LogP contribution in [0.15, 0.2) is 34.5 Å². The Labute approximate surface area is 173 Å². The molecule has 0 radical (unpaired) electrons. The van der Waals surface area contributed by atoms with Crippen LogP contribution in [-0.4, -0.2) is 65.9 Å². The maximum Gasteiger partial charge on any atom is 0.573 e. The molecule has 2 N–H and O–H groups in total. The number of benzene rings is 1. The number of carboxylic acids is 1. The first-order chi connectivity index (χ1) is 14.0. The smallest absolute Gasteiger partial charge is 0.480 e. The van der Waals surface area contributed by atoms with Crippen molar-refractivity contribution < 1.29 is 41.3 Å². The summed E-state index contributed by atoms with van der Waals surface area (Å²) in [5, 5.41) is 20.8. The molecule has 1 fully saturated rings. The molecule has 2 aromatic rings. The molecule has 1 aromatic carbocycles. The number of carbonyl (C=O) groups is 1. The fourth-order valence-electron chi connectivity index (χ4n) is 2.89. The topological polar surface area (TPSA) is 120 Å². The zero-order valence-electron chi connectivity index (χ0n) is 15.1. The molecule has 0 bridgehead atoms. The summed E-state index contributed by atoms with van der Waals surface area (Å²) >= 11 is 1.19. The van der Waals surface area contributed by atoms with Gasteiger partial charge in [-0.2, -0.15) is 4.31 Å². The minimum absolute atomic E-state index is 0.149. The lowest BCUT2D eigenvalue weighted by molar-refractivity contribution is -0.274. The third-order valence-electron chi connectivity index (χ3n) is 4.25. The van der Waals surface area contributed by atoms with E-state index in [1.165, 1.54) is 11.3 Å². The van der Waals surface area contributed by atoms with E-state index >= 15 is 0 Å². The van der Waals surface area contributed by atoms with Gasteiger partial charge in [0.15, 0.2) is 5.13 Å². The second-order valence-corrected chi connectivity index (χ2v) is 8.94. The van der Waals surface area contributed by atoms with Gasteiger partial charge in [0.05, 0.1) is 17.2 Å². The average Bonchev–Trinajstić information content (AvgIpc) is 3.16. The fourth-order valence-corrected chi connectivity index (χ4v) is 5.31. The number of thiazole rings is 1. The maximum atomic E-state index is 12.9. The van der Waals surface area contributed by atoms with Crippen LogP contribution in [0.25, 0.3) is 0 Å². The number of hydrogen-bond acceptors (Lipinski definition) is 8. The molecule has 3 rings (SSSR count). The van der Waals surface area contributed by atoms with E-state index in [1.807, 2.05) is 0 Å². The molecule has 0 saturated carbocycles. The van der Waals surface area contributed by atoms with Crippen LogP contribution >= 0.6 is 11.3 Å². The van der Waals surface area contributed by atoms with Crippen LogP contribution in [0.3, 0.4) is 0 Å². The molecule has 9 nitrogen and oxygen atoms in total. The third kappa shape index (κ3) is 4.83. The minimum atomic E-state index is -4.92. The van der Waals surface area contributed by atoms with Crippen molar-refractivity contribution in [2.45, 2.75) is 23.9 Å². The number of nitrogens with zero attached hydrogens (tertiary/aromatic N) is 3. The molecule has 1 aliphatic heterocycles. The lowest BCUT2D eigenvalue weighted by Crippen LogP contribution is -2.58. The van der Waals surface area contributed by atoms with Crippen LogP contribution in [0.2, 0.25) is 0 Å². The van der Waals surface area contributed by atoms with Crippen molar-refractivity contribution in [3.63, 3.8) is 0 Å². The number of aliphatic hydroxyl groups is 1. The van der Waals surface area contributed by atoms with Crippen molar-refractivity contribution in [3.8, 4) is 5.75 Å². The predicted molar refractivity (Wildman–Crippen MR) is 98.7 cm³/mol. The molecule has 30 heavy (non-hydrogen) atoms. The summed E-state index contributed by atoms with van der Waals surface area (Å²) in [7, 11) is -4.29. The molecule has 0 spiro atoms. The first kappa shape index (κ1) is 22.3. The van der Waals surface area contributed by atoms with Crippen molar-refractivity contribution in [1.29, 1.82) is 0 Å². The number of alkyl halides is 3. The van der Waals surface area contributed by atoms with Crippen LogP contribution in [0.1, 0.15) is 5.69 Å². The number of halogens is 3. The van der Waals surface area contributed by atoms with Gasteiger partial charge >= 0.3 is 12.3 Å². The molecule has 14 heteroatoms. The summed E-state index contributed by atoms with van der Waals surface area (Å²) in [5.41, 5.74) is 0.415. The van der Waals surface area contributed by atoms with Crippen LogP contribution < -0.4 is 9.64 Å². The Balaban J connectivity index is 1.81. The third-order valence-corrected chi connectivity index (χ3v) is 7.12. The molecular formula is C16H16F3N3O6S2. The lowest BCUT2D eigenvalue weighted by atomic mass is 10.2. The SMILES string of the molecule is O=C(O)[C@H]1CN(c2nc(CO)cs2)CCN1S(=O)(=O)c1ccc(OC(F)(F)F)cc1. The predicted octanol–water partition coefficient (Wildman–Crippen LogP) is 1.50. The number of aliphatic hydroxyl groups excluding tert-OH is 1. The van der Waals surface area contributed by atoms with Gasteiger partial charge in [-0.1, -0.05) is 0 Å². The Morgan fingerprint density at radius 3 is 2.47 bits per heavy atom. The van der Waals surface area contributed by atoms with E-state index < -0.39 is 34.1 Å². The number of piperazine rings is 1. The molecular weight excluding hydrogens is 451 g/mol. The molecule has 164 valence electrons. The largest absolute Gasteiger partial charge is 0.573 e. The highest BCUT2D eigenvalue weighted by Gasteiger charge is 2.41. The van der Waals surface area contributed by atoms with Crippen LogP contribution in [0.5, 0.6) is 5.75 Å². The number of sulfonamides is 1. The standard InChI is InChI=1S/C16H16F3N3O6S2/c17-16(18,19)28-11-1-3-12(4-2-11)30(26,27)22-6-5-21(7-13(22)14(24)25)15-20-10(8-23)9-29-15/h1-4,9,13,23H,5-8H2,(H,24,25)/t13-/m1/s1. The highest BCUT2D eigenvalue weighted by molar-refractivity contribution is 7.89. The number of rotatable bonds is 6. The highest BCUT2D eigenvalue weighted by Crippen LogP contribution is 2.29. The monoisotopic (exact) mass is 467 g/mol. The van der Waals surface area contributed by atoms with E-state index in [9.17, 15) is 31.5 Å². The van der Waals surface area contributed by atoms with Gasteiger partial charge in [0, 0.05) is 25.0 Å². The Hall–Kier alpha value is -2.42. The number of aromatic nitrogens is 1. The van der Waals surface area contributed by atoms with Crippen molar-refractivity contribution >= 4 is 32.5 Å². The molecule has 0 amide bonds. The quantitative estimate of drug-likeness (QED) is 0.656. The van der Waals surface area contributed by atoms with Gasteiger partial charge in [0.25, 0.3) is 0 Å². The zero-order chi connectivity index (χ0) is 22.1. The van der Waals surface area contributed by atoms with Crippen molar-refractivity contribution in [1.82, 2.24) is 9.29 Å². The Kier molecular flexibility index (Phi) is 6.21. The van der Waals surface area contributed by atoms with Crippen LogP contribution in [-0.2, 0) is 21.4 Å². The Morgan fingerprint density at radius 2 is 1.93 bits per heavy atom. The zero-order valence-corrected chi connectivity index (χ0v) is 16.7. The van der Waals surface area contributed by atoms with E-state index in [0.29, 0.717) is 10.8 Å². The summed E-state index contributed by atoms with van der Waals surface area (Å²) in [6, 6.07) is 2.11. The number of ether oxygens (including phenoxy) is 1. The molecule has 1 saturated heterocycles. The molecule has 2 heterocycles. The normalized spacial score (nSPS) is 18.4. The molecule has 1 atom stereocenters. The van der Waals surface area contributed by atoms with Crippen molar-refractivity contribution in [2.75, 3.05) is 24.5 Å². The van der Waals surface area contributed by atoms with E-state index in [2.05, 4.69) is 9.72 Å². The molecule has 0 aliphatic carbocycles. The van der Waals surface area contributed by atoms with Crippen LogP contribution in [0.4, 0.5) is 18.3 Å². The van der Waals surface area contributed by atoms with Gasteiger partial charge in [0.2, 0.25) is 10.0 Å². The number of anilines is 1. The number of aliphatic carboxylic acids is 1. The Bertz CT molecular complexity index is 1010.